The van der Waals surface area contributed by atoms with Crippen molar-refractivity contribution in [1.82, 2.24) is 10.0 Å². The zero-order chi connectivity index (χ0) is 12.2. The van der Waals surface area contributed by atoms with Gasteiger partial charge in [-0.15, -0.1) is 0 Å². The zero-order valence-electron chi connectivity index (χ0n) is 10.5. The van der Waals surface area contributed by atoms with Crippen molar-refractivity contribution >= 4 is 10.0 Å². The summed E-state index contributed by atoms with van der Waals surface area (Å²) in [7, 11) is -3.10. The molecule has 0 aliphatic carbocycles. The molecule has 0 bridgehead atoms. The van der Waals surface area contributed by atoms with E-state index in [2.05, 4.69) is 30.8 Å². The van der Waals surface area contributed by atoms with Gasteiger partial charge < -0.3 is 5.32 Å². The average Bonchev–Trinajstić information content (AvgIpc) is 2.15. The molecule has 0 amide bonds. The quantitative estimate of drug-likeness (QED) is 0.783. The van der Waals surface area contributed by atoms with Crippen LogP contribution in [0.3, 0.4) is 0 Å². The molecular formula is C11H24N2O2S. The van der Waals surface area contributed by atoms with Crippen molar-refractivity contribution in [2.45, 2.75) is 46.1 Å². The minimum atomic E-state index is -3.10. The van der Waals surface area contributed by atoms with Crippen molar-refractivity contribution in [3.63, 3.8) is 0 Å². The molecule has 5 heteroatoms. The molecular weight excluding hydrogens is 224 g/mol. The van der Waals surface area contributed by atoms with Gasteiger partial charge in [-0.05, 0) is 31.2 Å². The van der Waals surface area contributed by atoms with Crippen LogP contribution in [-0.4, -0.2) is 33.3 Å². The topological polar surface area (TPSA) is 58.2 Å². The highest BCUT2D eigenvalue weighted by Crippen LogP contribution is 2.19. The average molecular weight is 248 g/mol. The van der Waals surface area contributed by atoms with Crippen LogP contribution in [0.15, 0.2) is 0 Å². The molecule has 0 aromatic rings. The predicted molar refractivity (Wildman–Crippen MR) is 66.9 cm³/mol. The maximum absolute atomic E-state index is 11.8. The zero-order valence-corrected chi connectivity index (χ0v) is 11.4. The molecule has 96 valence electrons. The van der Waals surface area contributed by atoms with Crippen LogP contribution in [0.2, 0.25) is 0 Å². The molecule has 0 unspecified atom stereocenters. The molecule has 1 heterocycles. The SMILES string of the molecule is CC(C)(C)CCS(=O)(=O)N[C@H]1CCCNC1. The number of hydrogen-bond acceptors (Lipinski definition) is 3. The summed E-state index contributed by atoms with van der Waals surface area (Å²) >= 11 is 0. The number of rotatable bonds is 4. The minimum absolute atomic E-state index is 0.0690. The first-order valence-corrected chi connectivity index (χ1v) is 7.64. The fraction of sp³-hybridized carbons (Fsp3) is 1.00. The van der Waals surface area contributed by atoms with Crippen LogP contribution in [0.1, 0.15) is 40.0 Å². The van der Waals surface area contributed by atoms with Gasteiger partial charge in [0.2, 0.25) is 10.0 Å². The van der Waals surface area contributed by atoms with E-state index in [-0.39, 0.29) is 17.2 Å². The third-order valence-electron chi connectivity index (χ3n) is 2.76. The molecule has 16 heavy (non-hydrogen) atoms. The first-order chi connectivity index (χ1) is 7.29. The van der Waals surface area contributed by atoms with Gasteiger partial charge in [-0.25, -0.2) is 13.1 Å². The summed E-state index contributed by atoms with van der Waals surface area (Å²) in [6.07, 6.45) is 2.69. The summed E-state index contributed by atoms with van der Waals surface area (Å²) in [5.74, 6) is 0.229. The smallest absolute Gasteiger partial charge is 0.211 e. The fourth-order valence-electron chi connectivity index (χ4n) is 1.71. The number of hydrogen-bond donors (Lipinski definition) is 2. The fourth-order valence-corrected chi connectivity index (χ4v) is 3.41. The summed E-state index contributed by atoms with van der Waals surface area (Å²) in [4.78, 5) is 0. The lowest BCUT2D eigenvalue weighted by Gasteiger charge is -2.24. The van der Waals surface area contributed by atoms with Gasteiger partial charge >= 0.3 is 0 Å². The molecule has 4 nitrogen and oxygen atoms in total. The Morgan fingerprint density at radius 2 is 2.06 bits per heavy atom. The van der Waals surface area contributed by atoms with Gasteiger partial charge in [-0.1, -0.05) is 20.8 Å². The predicted octanol–water partition coefficient (Wildman–Crippen LogP) is 1.09. The van der Waals surface area contributed by atoms with Crippen LogP contribution in [0, 0.1) is 5.41 Å². The number of nitrogens with one attached hydrogen (secondary N) is 2. The van der Waals surface area contributed by atoms with E-state index in [1.165, 1.54) is 0 Å². The first kappa shape index (κ1) is 13.9. The highest BCUT2D eigenvalue weighted by molar-refractivity contribution is 7.89. The van der Waals surface area contributed by atoms with Gasteiger partial charge in [-0.2, -0.15) is 0 Å². The van der Waals surface area contributed by atoms with Crippen molar-refractivity contribution < 1.29 is 8.42 Å². The van der Waals surface area contributed by atoms with E-state index in [1.54, 1.807) is 0 Å². The van der Waals surface area contributed by atoms with Crippen LogP contribution < -0.4 is 10.0 Å². The molecule has 0 aromatic carbocycles. The molecule has 0 spiro atoms. The Balaban J connectivity index is 2.38. The molecule has 1 saturated heterocycles. The third-order valence-corrected chi connectivity index (χ3v) is 4.20. The van der Waals surface area contributed by atoms with E-state index in [1.807, 2.05) is 0 Å². The normalized spacial score (nSPS) is 23.3. The lowest BCUT2D eigenvalue weighted by Crippen LogP contribution is -2.46. The van der Waals surface area contributed by atoms with E-state index in [9.17, 15) is 8.42 Å². The first-order valence-electron chi connectivity index (χ1n) is 5.99. The lowest BCUT2D eigenvalue weighted by atomic mass is 9.94. The number of sulfonamides is 1. The molecule has 0 radical (unpaired) electrons. The Kier molecular flexibility index (Phi) is 4.76. The monoisotopic (exact) mass is 248 g/mol. The van der Waals surface area contributed by atoms with E-state index < -0.39 is 10.0 Å². The van der Waals surface area contributed by atoms with Crippen LogP contribution in [0.4, 0.5) is 0 Å². The molecule has 0 aromatic heterocycles. The Morgan fingerprint density at radius 1 is 1.38 bits per heavy atom. The van der Waals surface area contributed by atoms with Crippen molar-refractivity contribution in [2.24, 2.45) is 5.41 Å². The second kappa shape index (κ2) is 5.47. The lowest BCUT2D eigenvalue weighted by molar-refractivity contribution is 0.392. The second-order valence-corrected chi connectivity index (χ2v) is 7.66. The Bertz CT molecular complexity index is 300. The van der Waals surface area contributed by atoms with Crippen molar-refractivity contribution in [2.75, 3.05) is 18.8 Å². The maximum atomic E-state index is 11.8. The second-order valence-electron chi connectivity index (χ2n) is 5.79. The maximum Gasteiger partial charge on any atom is 0.211 e. The summed E-state index contributed by atoms with van der Waals surface area (Å²) in [5.41, 5.74) is 0.0690. The molecule has 1 aliphatic heterocycles. The highest BCUT2D eigenvalue weighted by atomic mass is 32.2. The van der Waals surface area contributed by atoms with Gasteiger partial charge in [0.1, 0.15) is 0 Å². The van der Waals surface area contributed by atoms with Crippen LogP contribution in [0.25, 0.3) is 0 Å². The largest absolute Gasteiger partial charge is 0.315 e. The minimum Gasteiger partial charge on any atom is -0.315 e. The molecule has 2 N–H and O–H groups in total. The standard InChI is InChI=1S/C11H24N2O2S/c1-11(2,3)6-8-16(14,15)13-10-5-4-7-12-9-10/h10,12-13H,4-9H2,1-3H3/t10-/m0/s1. The van der Waals surface area contributed by atoms with Crippen molar-refractivity contribution in [3.8, 4) is 0 Å². The van der Waals surface area contributed by atoms with E-state index in [0.29, 0.717) is 6.42 Å². The molecule has 1 aliphatic rings. The Morgan fingerprint density at radius 3 is 2.56 bits per heavy atom. The number of piperidine rings is 1. The van der Waals surface area contributed by atoms with Crippen molar-refractivity contribution in [1.29, 1.82) is 0 Å². The van der Waals surface area contributed by atoms with Crippen LogP contribution in [-0.2, 0) is 10.0 Å². The molecule has 1 rings (SSSR count). The Hall–Kier alpha value is -0.130. The summed E-state index contributed by atoms with van der Waals surface area (Å²) in [6.45, 7) is 7.94. The van der Waals surface area contributed by atoms with E-state index in [0.717, 1.165) is 25.9 Å². The molecule has 1 fully saturated rings. The van der Waals surface area contributed by atoms with Gasteiger partial charge in [0.05, 0.1) is 5.75 Å². The van der Waals surface area contributed by atoms with Crippen LogP contribution >= 0.6 is 0 Å². The summed E-state index contributed by atoms with van der Waals surface area (Å²) in [6, 6.07) is 0.0821. The van der Waals surface area contributed by atoms with Gasteiger partial charge in [0, 0.05) is 12.6 Å². The third kappa shape index (κ3) is 5.82. The molecule has 0 saturated carbocycles. The van der Waals surface area contributed by atoms with E-state index in [4.69, 9.17) is 0 Å². The van der Waals surface area contributed by atoms with Gasteiger partial charge in [-0.3, -0.25) is 0 Å². The summed E-state index contributed by atoms with van der Waals surface area (Å²) in [5, 5.41) is 3.20. The van der Waals surface area contributed by atoms with E-state index >= 15 is 0 Å². The van der Waals surface area contributed by atoms with Crippen LogP contribution in [0.5, 0.6) is 0 Å². The Labute approximate surface area is 99.2 Å². The summed E-state index contributed by atoms with van der Waals surface area (Å²) < 4.78 is 26.4. The van der Waals surface area contributed by atoms with Gasteiger partial charge in [0.25, 0.3) is 0 Å². The molecule has 1 atom stereocenters. The highest BCUT2D eigenvalue weighted by Gasteiger charge is 2.22. The van der Waals surface area contributed by atoms with Gasteiger partial charge in [0.15, 0.2) is 0 Å². The van der Waals surface area contributed by atoms with Crippen molar-refractivity contribution in [3.05, 3.63) is 0 Å².